The van der Waals surface area contributed by atoms with Gasteiger partial charge in [0, 0.05) is 32.0 Å². The summed E-state index contributed by atoms with van der Waals surface area (Å²) in [4.78, 5) is 29.1. The molecule has 0 bridgehead atoms. The van der Waals surface area contributed by atoms with Crippen LogP contribution in [0.1, 0.15) is 50.3 Å². The SMILES string of the molecule is CCOc1ccccc1N(CCCC(=O)N(Cc1cccc(C)c1)[C@@H](Cc1ccccc1)C(=O)NC(C)C)S(C)(=O)=O. The van der Waals surface area contributed by atoms with E-state index in [1.807, 2.05) is 82.3 Å². The van der Waals surface area contributed by atoms with Gasteiger partial charge in [0.15, 0.2) is 0 Å². The van der Waals surface area contributed by atoms with Crippen LogP contribution in [0.4, 0.5) is 5.69 Å². The number of amides is 2. The van der Waals surface area contributed by atoms with Gasteiger partial charge in [-0.05, 0) is 57.4 Å². The van der Waals surface area contributed by atoms with Gasteiger partial charge in [0.1, 0.15) is 11.8 Å². The van der Waals surface area contributed by atoms with E-state index in [2.05, 4.69) is 5.32 Å². The van der Waals surface area contributed by atoms with Crippen molar-refractivity contribution in [3.63, 3.8) is 0 Å². The molecule has 0 heterocycles. The summed E-state index contributed by atoms with van der Waals surface area (Å²) in [6.45, 7) is 8.35. The zero-order valence-corrected chi connectivity index (χ0v) is 26.1. The fourth-order valence-electron chi connectivity index (χ4n) is 4.87. The van der Waals surface area contributed by atoms with Crippen molar-refractivity contribution in [1.82, 2.24) is 10.2 Å². The number of carbonyl (C=O) groups is 2. The lowest BCUT2D eigenvalue weighted by Crippen LogP contribution is -2.51. The fourth-order valence-corrected chi connectivity index (χ4v) is 5.83. The normalized spacial score (nSPS) is 12.0. The second-order valence-corrected chi connectivity index (χ2v) is 12.6. The second-order valence-electron chi connectivity index (χ2n) is 10.7. The third-order valence-electron chi connectivity index (χ3n) is 6.72. The number of para-hydroxylation sites is 2. The van der Waals surface area contributed by atoms with E-state index in [1.165, 1.54) is 4.31 Å². The molecule has 8 nitrogen and oxygen atoms in total. The molecule has 0 radical (unpaired) electrons. The second kappa shape index (κ2) is 15.4. The number of benzene rings is 3. The minimum atomic E-state index is -3.65. The topological polar surface area (TPSA) is 96.0 Å². The Morgan fingerprint density at radius 1 is 0.929 bits per heavy atom. The monoisotopic (exact) mass is 593 g/mol. The smallest absolute Gasteiger partial charge is 0.243 e. The van der Waals surface area contributed by atoms with Crippen molar-refractivity contribution in [3.05, 3.63) is 95.6 Å². The molecule has 0 aliphatic heterocycles. The van der Waals surface area contributed by atoms with E-state index in [9.17, 15) is 18.0 Å². The first-order valence-corrected chi connectivity index (χ1v) is 16.2. The standard InChI is InChI=1S/C33H43N3O5S/c1-6-41-31-19-11-10-18-29(31)36(42(5,39)40)21-13-20-32(37)35(24-28-17-12-14-26(4)22-28)30(33(38)34-25(2)3)23-27-15-8-7-9-16-27/h7-12,14-19,22,25,30H,6,13,20-21,23-24H2,1-5H3,(H,34,38)/t30-/m0/s1. The van der Waals surface area contributed by atoms with Gasteiger partial charge in [-0.2, -0.15) is 0 Å². The molecular weight excluding hydrogens is 550 g/mol. The van der Waals surface area contributed by atoms with Gasteiger partial charge in [0.2, 0.25) is 21.8 Å². The maximum atomic E-state index is 13.9. The molecule has 3 rings (SSSR count). The van der Waals surface area contributed by atoms with Crippen molar-refractivity contribution >= 4 is 27.5 Å². The molecule has 9 heteroatoms. The molecule has 0 aliphatic carbocycles. The number of anilines is 1. The molecule has 0 spiro atoms. The highest BCUT2D eigenvalue weighted by atomic mass is 32.2. The van der Waals surface area contributed by atoms with Gasteiger partial charge in [-0.25, -0.2) is 8.42 Å². The van der Waals surface area contributed by atoms with Crippen LogP contribution in [0.25, 0.3) is 0 Å². The number of sulfonamides is 1. The summed E-state index contributed by atoms with van der Waals surface area (Å²) in [5.74, 6) is 0.0206. The molecule has 0 aliphatic rings. The molecule has 0 unspecified atom stereocenters. The minimum absolute atomic E-state index is 0.0644. The first-order valence-electron chi connectivity index (χ1n) is 14.4. The lowest BCUT2D eigenvalue weighted by atomic mass is 10.0. The predicted octanol–water partition coefficient (Wildman–Crippen LogP) is 5.10. The van der Waals surface area contributed by atoms with Crippen LogP contribution in [0.5, 0.6) is 5.75 Å². The van der Waals surface area contributed by atoms with Crippen LogP contribution < -0.4 is 14.4 Å². The molecule has 0 aromatic heterocycles. The lowest BCUT2D eigenvalue weighted by Gasteiger charge is -2.32. The maximum Gasteiger partial charge on any atom is 0.243 e. The molecule has 3 aromatic rings. The van der Waals surface area contributed by atoms with Gasteiger partial charge in [0.05, 0.1) is 18.6 Å². The molecule has 226 valence electrons. The van der Waals surface area contributed by atoms with Gasteiger partial charge in [0.25, 0.3) is 0 Å². The van der Waals surface area contributed by atoms with Crippen LogP contribution in [-0.4, -0.2) is 56.6 Å². The number of nitrogens with zero attached hydrogens (tertiary/aromatic N) is 2. The van der Waals surface area contributed by atoms with Gasteiger partial charge in [-0.3, -0.25) is 13.9 Å². The van der Waals surface area contributed by atoms with Crippen LogP contribution in [0.15, 0.2) is 78.9 Å². The molecule has 1 N–H and O–H groups in total. The Hall–Kier alpha value is -3.85. The quantitative estimate of drug-likeness (QED) is 0.264. The first kappa shape index (κ1) is 32.7. The van der Waals surface area contributed by atoms with E-state index in [0.717, 1.165) is 22.9 Å². The van der Waals surface area contributed by atoms with Crippen molar-refractivity contribution in [1.29, 1.82) is 0 Å². The zero-order valence-electron chi connectivity index (χ0n) is 25.2. The first-order chi connectivity index (χ1) is 20.0. The van der Waals surface area contributed by atoms with Crippen molar-refractivity contribution in [2.24, 2.45) is 0 Å². The third kappa shape index (κ3) is 9.62. The van der Waals surface area contributed by atoms with Crippen LogP contribution in [0, 0.1) is 6.92 Å². The summed E-state index contributed by atoms with van der Waals surface area (Å²) in [5.41, 5.74) is 3.36. The molecular formula is C33H43N3O5S. The van der Waals surface area contributed by atoms with Gasteiger partial charge in [-0.1, -0.05) is 72.3 Å². The Morgan fingerprint density at radius 2 is 1.60 bits per heavy atom. The number of hydrogen-bond acceptors (Lipinski definition) is 5. The number of rotatable bonds is 15. The molecule has 3 aromatic carbocycles. The Labute approximate surface area is 250 Å². The number of nitrogens with one attached hydrogen (secondary N) is 1. The van der Waals surface area contributed by atoms with E-state index in [-0.39, 0.29) is 43.8 Å². The van der Waals surface area contributed by atoms with Crippen LogP contribution in [0.3, 0.4) is 0 Å². The molecule has 42 heavy (non-hydrogen) atoms. The van der Waals surface area contributed by atoms with E-state index >= 15 is 0 Å². The number of ether oxygens (including phenoxy) is 1. The van der Waals surface area contributed by atoms with Crippen LogP contribution in [0.2, 0.25) is 0 Å². The van der Waals surface area contributed by atoms with Crippen LogP contribution in [-0.2, 0) is 32.6 Å². The lowest BCUT2D eigenvalue weighted by molar-refractivity contribution is -0.141. The highest BCUT2D eigenvalue weighted by molar-refractivity contribution is 7.92. The summed E-state index contributed by atoms with van der Waals surface area (Å²) in [7, 11) is -3.65. The maximum absolute atomic E-state index is 13.9. The largest absolute Gasteiger partial charge is 0.492 e. The number of hydrogen-bond donors (Lipinski definition) is 1. The summed E-state index contributed by atoms with van der Waals surface area (Å²) < 4.78 is 32.5. The van der Waals surface area contributed by atoms with Crippen molar-refractivity contribution in [3.8, 4) is 5.75 Å². The molecule has 0 saturated heterocycles. The Balaban J connectivity index is 1.90. The van der Waals surface area contributed by atoms with Crippen molar-refractivity contribution in [2.45, 2.75) is 65.6 Å². The predicted molar refractivity (Wildman–Crippen MR) is 168 cm³/mol. The Bertz CT molecular complexity index is 1430. The average molecular weight is 594 g/mol. The number of aryl methyl sites for hydroxylation is 1. The van der Waals surface area contributed by atoms with Gasteiger partial charge in [-0.15, -0.1) is 0 Å². The molecule has 1 atom stereocenters. The van der Waals surface area contributed by atoms with Gasteiger partial charge < -0.3 is 15.0 Å². The third-order valence-corrected chi connectivity index (χ3v) is 7.90. The number of carbonyl (C=O) groups excluding carboxylic acids is 2. The Morgan fingerprint density at radius 3 is 2.24 bits per heavy atom. The average Bonchev–Trinajstić information content (AvgIpc) is 2.93. The molecule has 0 fully saturated rings. The zero-order chi connectivity index (χ0) is 30.7. The van der Waals surface area contributed by atoms with E-state index in [1.54, 1.807) is 29.2 Å². The minimum Gasteiger partial charge on any atom is -0.492 e. The van der Waals surface area contributed by atoms with Crippen molar-refractivity contribution in [2.75, 3.05) is 23.7 Å². The highest BCUT2D eigenvalue weighted by Crippen LogP contribution is 2.30. The van der Waals surface area contributed by atoms with Gasteiger partial charge >= 0.3 is 0 Å². The van der Waals surface area contributed by atoms with E-state index < -0.39 is 16.1 Å². The molecule has 2 amide bonds. The van der Waals surface area contributed by atoms with E-state index in [4.69, 9.17) is 4.74 Å². The summed E-state index contributed by atoms with van der Waals surface area (Å²) in [5, 5.41) is 3.00. The fraction of sp³-hybridized carbons (Fsp3) is 0.394. The van der Waals surface area contributed by atoms with Crippen LogP contribution >= 0.6 is 0 Å². The summed E-state index contributed by atoms with van der Waals surface area (Å²) in [6.07, 6.45) is 1.83. The van der Waals surface area contributed by atoms with E-state index in [0.29, 0.717) is 24.5 Å². The van der Waals surface area contributed by atoms with Crippen molar-refractivity contribution < 1.29 is 22.7 Å². The molecule has 0 saturated carbocycles. The summed E-state index contributed by atoms with van der Waals surface area (Å²) in [6, 6.07) is 23.7. The Kier molecular flexibility index (Phi) is 12.0. The summed E-state index contributed by atoms with van der Waals surface area (Å²) >= 11 is 0. The highest BCUT2D eigenvalue weighted by Gasteiger charge is 2.31.